The Morgan fingerprint density at radius 2 is 1.93 bits per heavy atom. The molecule has 2 rings (SSSR count). The van der Waals surface area contributed by atoms with Gasteiger partial charge in [0.15, 0.2) is 0 Å². The number of unbranched alkanes of at least 4 members (excludes halogenated alkanes) is 4. The van der Waals surface area contributed by atoms with Gasteiger partial charge in [0.25, 0.3) is 0 Å². The van der Waals surface area contributed by atoms with Crippen molar-refractivity contribution >= 4 is 17.3 Å². The first-order valence-corrected chi connectivity index (χ1v) is 11.8. The third kappa shape index (κ3) is 7.85. The van der Waals surface area contributed by atoms with Crippen LogP contribution in [-0.4, -0.2) is 44.7 Å². The van der Waals surface area contributed by atoms with Crippen LogP contribution in [0, 0.1) is 11.8 Å². The van der Waals surface area contributed by atoms with Crippen LogP contribution >= 0.6 is 11.3 Å². The van der Waals surface area contributed by atoms with Crippen LogP contribution in [0.2, 0.25) is 0 Å². The van der Waals surface area contributed by atoms with Gasteiger partial charge in [-0.05, 0) is 43.7 Å². The Morgan fingerprint density at radius 3 is 2.62 bits per heavy atom. The number of aliphatic hydroxyl groups is 3. The second-order valence-electron chi connectivity index (χ2n) is 8.23. The molecule has 1 aromatic heterocycles. The lowest BCUT2D eigenvalue weighted by molar-refractivity contribution is 0.0702. The number of aliphatic hydroxyl groups excluding tert-OH is 3. The lowest BCUT2D eigenvalue weighted by Crippen LogP contribution is -2.21. The number of aryl methyl sites for hydroxylation is 1. The predicted octanol–water partition coefficient (Wildman–Crippen LogP) is 4.40. The Balaban J connectivity index is 1.80. The van der Waals surface area contributed by atoms with Gasteiger partial charge in [0.2, 0.25) is 0 Å². The van der Waals surface area contributed by atoms with Crippen LogP contribution in [0.15, 0.2) is 24.3 Å². The molecule has 1 aliphatic carbocycles. The van der Waals surface area contributed by atoms with E-state index in [4.69, 9.17) is 5.11 Å². The van der Waals surface area contributed by atoms with Crippen molar-refractivity contribution in [2.75, 3.05) is 0 Å². The minimum absolute atomic E-state index is 0.0306. The molecular weight excluding hydrogens is 388 g/mol. The van der Waals surface area contributed by atoms with E-state index < -0.39 is 24.3 Å². The normalized spacial score (nSPS) is 25.7. The summed E-state index contributed by atoms with van der Waals surface area (Å²) < 4.78 is 0. The van der Waals surface area contributed by atoms with Crippen molar-refractivity contribution in [3.8, 4) is 0 Å². The van der Waals surface area contributed by atoms with E-state index in [0.717, 1.165) is 43.4 Å². The number of aromatic carboxylic acids is 1. The highest BCUT2D eigenvalue weighted by Gasteiger charge is 2.39. The van der Waals surface area contributed by atoms with Crippen LogP contribution < -0.4 is 0 Å². The molecule has 164 valence electrons. The summed E-state index contributed by atoms with van der Waals surface area (Å²) in [6.45, 7) is 2.18. The van der Waals surface area contributed by atoms with Gasteiger partial charge in [-0.3, -0.25) is 0 Å². The Bertz CT molecular complexity index is 641. The van der Waals surface area contributed by atoms with Gasteiger partial charge in [0.05, 0.1) is 18.3 Å². The fourth-order valence-corrected chi connectivity index (χ4v) is 5.11. The second kappa shape index (κ2) is 12.5. The topological polar surface area (TPSA) is 98.0 Å². The van der Waals surface area contributed by atoms with Crippen molar-refractivity contribution in [2.24, 2.45) is 11.8 Å². The first-order chi connectivity index (χ1) is 13.9. The zero-order valence-corrected chi connectivity index (χ0v) is 18.2. The van der Waals surface area contributed by atoms with Gasteiger partial charge in [-0.2, -0.15) is 0 Å². The molecule has 0 aromatic carbocycles. The highest BCUT2D eigenvalue weighted by atomic mass is 32.1. The first kappa shape index (κ1) is 24.1. The summed E-state index contributed by atoms with van der Waals surface area (Å²) >= 11 is 1.29. The molecule has 1 saturated carbocycles. The molecule has 1 aliphatic rings. The van der Waals surface area contributed by atoms with E-state index in [-0.39, 0.29) is 11.8 Å². The van der Waals surface area contributed by atoms with Crippen LogP contribution in [0.3, 0.4) is 0 Å². The molecule has 6 heteroatoms. The molecule has 0 unspecified atom stereocenters. The van der Waals surface area contributed by atoms with Gasteiger partial charge in [0.1, 0.15) is 4.88 Å². The highest BCUT2D eigenvalue weighted by molar-refractivity contribution is 7.13. The van der Waals surface area contributed by atoms with Crippen molar-refractivity contribution in [2.45, 2.75) is 89.4 Å². The Kier molecular flexibility index (Phi) is 10.4. The molecule has 5 nitrogen and oxygen atoms in total. The SMILES string of the molecule is CCCCCCC[C@H](O)/C=C/[C@@H]1[C@@H](CCCc2ccc(C(=O)O)s2)[C@@H](O)C[C@H]1O. The monoisotopic (exact) mass is 424 g/mol. The van der Waals surface area contributed by atoms with Crippen LogP contribution in [0.25, 0.3) is 0 Å². The van der Waals surface area contributed by atoms with Gasteiger partial charge in [-0.1, -0.05) is 51.2 Å². The number of hydrogen-bond donors (Lipinski definition) is 4. The number of rotatable bonds is 13. The molecule has 29 heavy (non-hydrogen) atoms. The lowest BCUT2D eigenvalue weighted by Gasteiger charge is -2.21. The maximum Gasteiger partial charge on any atom is 0.345 e. The average Bonchev–Trinajstić information content (AvgIpc) is 3.25. The Labute approximate surface area is 178 Å². The molecule has 0 amide bonds. The first-order valence-electron chi connectivity index (χ1n) is 11.0. The molecule has 1 heterocycles. The minimum atomic E-state index is -0.898. The maximum absolute atomic E-state index is 11.0. The molecular formula is C23H36O5S. The molecule has 5 atom stereocenters. The largest absolute Gasteiger partial charge is 0.477 e. The Hall–Kier alpha value is -1.21. The second-order valence-corrected chi connectivity index (χ2v) is 9.40. The average molecular weight is 425 g/mol. The Morgan fingerprint density at radius 1 is 1.17 bits per heavy atom. The van der Waals surface area contributed by atoms with E-state index in [9.17, 15) is 20.1 Å². The third-order valence-electron chi connectivity index (χ3n) is 5.91. The third-order valence-corrected chi connectivity index (χ3v) is 7.04. The number of thiophene rings is 1. The lowest BCUT2D eigenvalue weighted by atomic mass is 9.88. The van der Waals surface area contributed by atoms with Crippen molar-refractivity contribution in [1.82, 2.24) is 0 Å². The van der Waals surface area contributed by atoms with Gasteiger partial charge in [-0.15, -0.1) is 11.3 Å². The zero-order chi connectivity index (χ0) is 21.2. The van der Waals surface area contributed by atoms with Gasteiger partial charge in [0, 0.05) is 17.2 Å². The van der Waals surface area contributed by atoms with Crippen molar-refractivity contribution < 1.29 is 25.2 Å². The fraction of sp³-hybridized carbons (Fsp3) is 0.696. The van der Waals surface area contributed by atoms with Gasteiger partial charge < -0.3 is 20.4 Å². The fourth-order valence-electron chi connectivity index (χ4n) is 4.23. The van der Waals surface area contributed by atoms with E-state index in [0.29, 0.717) is 11.3 Å². The number of carbonyl (C=O) groups is 1. The summed E-state index contributed by atoms with van der Waals surface area (Å²) in [5.41, 5.74) is 0. The summed E-state index contributed by atoms with van der Waals surface area (Å²) in [6.07, 6.45) is 11.3. The molecule has 1 aromatic rings. The molecule has 0 aliphatic heterocycles. The number of carboxylic acids is 1. The van der Waals surface area contributed by atoms with E-state index in [1.54, 1.807) is 12.1 Å². The van der Waals surface area contributed by atoms with Gasteiger partial charge in [-0.25, -0.2) is 4.79 Å². The van der Waals surface area contributed by atoms with Crippen molar-refractivity contribution in [3.63, 3.8) is 0 Å². The van der Waals surface area contributed by atoms with E-state index >= 15 is 0 Å². The minimum Gasteiger partial charge on any atom is -0.477 e. The maximum atomic E-state index is 11.0. The molecule has 0 spiro atoms. The molecule has 1 fully saturated rings. The summed E-state index contributed by atoms with van der Waals surface area (Å²) in [5, 5.41) is 39.9. The highest BCUT2D eigenvalue weighted by Crippen LogP contribution is 2.37. The van der Waals surface area contributed by atoms with Crippen molar-refractivity contribution in [1.29, 1.82) is 0 Å². The standard InChI is InChI=1S/C23H36O5S/c1-2-3-4-5-6-8-16(24)11-13-19-18(20(25)15-21(19)26)10-7-9-17-12-14-22(29-17)23(27)28/h11-14,16,18-21,24-26H,2-10,15H2,1H3,(H,27,28)/b13-11+/t16-,18+,19+,20-,21+/m0/s1. The van der Waals surface area contributed by atoms with Crippen LogP contribution in [-0.2, 0) is 6.42 Å². The number of hydrogen-bond acceptors (Lipinski definition) is 5. The summed E-state index contributed by atoms with van der Waals surface area (Å²) in [6, 6.07) is 3.48. The summed E-state index contributed by atoms with van der Waals surface area (Å²) in [5.74, 6) is -1.07. The van der Waals surface area contributed by atoms with Crippen molar-refractivity contribution in [3.05, 3.63) is 34.0 Å². The van der Waals surface area contributed by atoms with E-state index in [2.05, 4.69) is 6.92 Å². The molecule has 0 saturated heterocycles. The summed E-state index contributed by atoms with van der Waals surface area (Å²) in [4.78, 5) is 12.4. The molecule has 0 radical (unpaired) electrons. The van der Waals surface area contributed by atoms with Crippen LogP contribution in [0.4, 0.5) is 0 Å². The molecule has 0 bridgehead atoms. The smallest absolute Gasteiger partial charge is 0.345 e. The predicted molar refractivity (Wildman–Crippen MR) is 116 cm³/mol. The van der Waals surface area contributed by atoms with E-state index in [1.807, 2.05) is 12.1 Å². The molecule has 4 N–H and O–H groups in total. The quantitative estimate of drug-likeness (QED) is 0.278. The van der Waals surface area contributed by atoms with Crippen LogP contribution in [0.1, 0.15) is 79.3 Å². The number of carboxylic acid groups (broad SMARTS) is 1. The van der Waals surface area contributed by atoms with E-state index in [1.165, 1.54) is 30.6 Å². The zero-order valence-electron chi connectivity index (χ0n) is 17.4. The van der Waals surface area contributed by atoms with Crippen LogP contribution in [0.5, 0.6) is 0 Å². The van der Waals surface area contributed by atoms with Gasteiger partial charge >= 0.3 is 5.97 Å². The summed E-state index contributed by atoms with van der Waals surface area (Å²) in [7, 11) is 0.